The normalized spacial score (nSPS) is 17.2. The third-order valence-corrected chi connectivity index (χ3v) is 9.38. The predicted octanol–water partition coefficient (Wildman–Crippen LogP) is 4.18. The number of piperazine rings is 1. The smallest absolute Gasteiger partial charge is 0.243 e. The van der Waals surface area contributed by atoms with Crippen molar-refractivity contribution in [3.8, 4) is 11.3 Å². The Bertz CT molecular complexity index is 1310. The average molecular weight is 492 g/mol. The number of nitrogens with zero attached hydrogens (tertiary/aromatic N) is 5. The summed E-state index contributed by atoms with van der Waals surface area (Å²) in [6.45, 7) is 11.0. The van der Waals surface area contributed by atoms with E-state index in [0.29, 0.717) is 23.7 Å². The van der Waals surface area contributed by atoms with Crippen molar-refractivity contribution in [2.75, 3.05) is 49.1 Å². The Morgan fingerprint density at radius 3 is 2.14 bits per heavy atom. The first-order valence-electron chi connectivity index (χ1n) is 12.4. The molecular weight excluding hydrogens is 458 g/mol. The average Bonchev–Trinajstić information content (AvgIpc) is 3.42. The van der Waals surface area contributed by atoms with Crippen LogP contribution < -0.4 is 9.80 Å². The Morgan fingerprint density at radius 2 is 1.46 bits per heavy atom. The molecule has 0 radical (unpaired) electrons. The van der Waals surface area contributed by atoms with Crippen molar-refractivity contribution >= 4 is 21.5 Å². The molecule has 2 aliphatic heterocycles. The molecule has 2 fully saturated rings. The number of aryl methyl sites for hydroxylation is 2. The first kappa shape index (κ1) is 23.8. The van der Waals surface area contributed by atoms with Gasteiger partial charge in [-0.1, -0.05) is 24.3 Å². The molecule has 8 heteroatoms. The van der Waals surface area contributed by atoms with Gasteiger partial charge in [0.25, 0.3) is 0 Å². The van der Waals surface area contributed by atoms with E-state index in [1.165, 1.54) is 16.8 Å². The maximum atomic E-state index is 13.1. The van der Waals surface area contributed by atoms with Crippen molar-refractivity contribution in [3.05, 3.63) is 65.2 Å². The van der Waals surface area contributed by atoms with Gasteiger partial charge in [0.2, 0.25) is 10.0 Å². The molecule has 0 aliphatic carbocycles. The Morgan fingerprint density at radius 1 is 0.743 bits per heavy atom. The highest BCUT2D eigenvalue weighted by molar-refractivity contribution is 7.89. The molecule has 184 valence electrons. The van der Waals surface area contributed by atoms with Crippen LogP contribution in [0, 0.1) is 20.8 Å². The molecule has 0 amide bonds. The molecule has 2 saturated heterocycles. The number of aromatic nitrogens is 2. The topological polar surface area (TPSA) is 69.6 Å². The molecule has 0 unspecified atom stereocenters. The first-order valence-corrected chi connectivity index (χ1v) is 13.8. The van der Waals surface area contributed by atoms with Gasteiger partial charge in [0.15, 0.2) is 5.82 Å². The van der Waals surface area contributed by atoms with Crippen LogP contribution in [0.25, 0.3) is 11.3 Å². The second-order valence-corrected chi connectivity index (χ2v) is 11.5. The lowest BCUT2D eigenvalue weighted by atomic mass is 10.1. The van der Waals surface area contributed by atoms with Crippen molar-refractivity contribution in [2.45, 2.75) is 38.5 Å². The van der Waals surface area contributed by atoms with Crippen LogP contribution in [0.1, 0.15) is 29.5 Å². The minimum absolute atomic E-state index is 0.366. The molecule has 1 aromatic heterocycles. The second-order valence-electron chi connectivity index (χ2n) is 9.56. The van der Waals surface area contributed by atoms with Crippen molar-refractivity contribution in [1.82, 2.24) is 14.5 Å². The lowest BCUT2D eigenvalue weighted by molar-refractivity contribution is 0.477. The van der Waals surface area contributed by atoms with Crippen LogP contribution in [0.3, 0.4) is 0 Å². The highest BCUT2D eigenvalue weighted by Gasteiger charge is 2.29. The Hall–Kier alpha value is -2.97. The maximum Gasteiger partial charge on any atom is 0.243 e. The van der Waals surface area contributed by atoms with Gasteiger partial charge in [-0.2, -0.15) is 4.31 Å². The fourth-order valence-electron chi connectivity index (χ4n) is 5.01. The number of anilines is 2. The van der Waals surface area contributed by atoms with Crippen molar-refractivity contribution in [3.63, 3.8) is 0 Å². The van der Waals surface area contributed by atoms with E-state index in [1.54, 1.807) is 10.4 Å². The zero-order valence-corrected chi connectivity index (χ0v) is 21.6. The molecule has 0 atom stereocenters. The molecule has 35 heavy (non-hydrogen) atoms. The Balaban J connectivity index is 1.30. The standard InChI is InChI=1S/C27H33N5O2S/c1-20-7-6-8-25(22(20)3)30-15-17-31(18-16-30)27-12-11-24(28-29-27)23-10-9-21(2)26(19-23)35(33,34)32-13-4-5-14-32/h6-12,19H,4-5,13-18H2,1-3H3. The van der Waals surface area contributed by atoms with E-state index in [-0.39, 0.29) is 0 Å². The predicted molar refractivity (Wildman–Crippen MR) is 141 cm³/mol. The molecule has 7 nitrogen and oxygen atoms in total. The van der Waals surface area contributed by atoms with E-state index in [1.807, 2.05) is 31.2 Å². The Labute approximate surface area is 208 Å². The Kier molecular flexibility index (Phi) is 6.51. The fraction of sp³-hybridized carbons (Fsp3) is 0.407. The van der Waals surface area contributed by atoms with Crippen LogP contribution in [-0.4, -0.2) is 62.2 Å². The third-order valence-electron chi connectivity index (χ3n) is 7.34. The summed E-state index contributed by atoms with van der Waals surface area (Å²) < 4.78 is 27.9. The van der Waals surface area contributed by atoms with Gasteiger partial charge in [0, 0.05) is 50.5 Å². The highest BCUT2D eigenvalue weighted by atomic mass is 32.2. The second kappa shape index (κ2) is 9.59. The minimum Gasteiger partial charge on any atom is -0.368 e. The molecule has 3 heterocycles. The molecule has 0 bridgehead atoms. The largest absolute Gasteiger partial charge is 0.368 e. The quantitative estimate of drug-likeness (QED) is 0.533. The molecule has 3 aromatic rings. The number of hydrogen-bond donors (Lipinski definition) is 0. The van der Waals surface area contributed by atoms with Crippen LogP contribution in [-0.2, 0) is 10.0 Å². The third kappa shape index (κ3) is 4.65. The molecule has 5 rings (SSSR count). The van der Waals surface area contributed by atoms with Crippen molar-refractivity contribution in [2.24, 2.45) is 0 Å². The lowest BCUT2D eigenvalue weighted by Crippen LogP contribution is -2.47. The van der Waals surface area contributed by atoms with Gasteiger partial charge >= 0.3 is 0 Å². The number of rotatable bonds is 5. The zero-order valence-electron chi connectivity index (χ0n) is 20.7. The number of hydrogen-bond acceptors (Lipinski definition) is 6. The zero-order chi connectivity index (χ0) is 24.6. The van der Waals surface area contributed by atoms with Crippen LogP contribution in [0.5, 0.6) is 0 Å². The molecule has 0 spiro atoms. The van der Waals surface area contributed by atoms with E-state index in [9.17, 15) is 8.42 Å². The monoisotopic (exact) mass is 491 g/mol. The van der Waals surface area contributed by atoms with Crippen LogP contribution >= 0.6 is 0 Å². The van der Waals surface area contributed by atoms with Gasteiger partial charge in [-0.15, -0.1) is 10.2 Å². The summed E-state index contributed by atoms with van der Waals surface area (Å²) in [5.74, 6) is 0.853. The summed E-state index contributed by atoms with van der Waals surface area (Å²) in [5, 5.41) is 8.96. The fourth-order valence-corrected chi connectivity index (χ4v) is 6.78. The molecular formula is C27H33N5O2S. The summed E-state index contributed by atoms with van der Waals surface area (Å²) in [4.78, 5) is 5.07. The number of sulfonamides is 1. The van der Waals surface area contributed by atoms with E-state index in [2.05, 4.69) is 52.0 Å². The summed E-state index contributed by atoms with van der Waals surface area (Å²) in [6, 6.07) is 15.9. The van der Waals surface area contributed by atoms with E-state index < -0.39 is 10.0 Å². The van der Waals surface area contributed by atoms with Crippen LogP contribution in [0.4, 0.5) is 11.5 Å². The molecule has 2 aromatic carbocycles. The van der Waals surface area contributed by atoms with Gasteiger partial charge in [-0.3, -0.25) is 0 Å². The van der Waals surface area contributed by atoms with Gasteiger partial charge in [-0.25, -0.2) is 8.42 Å². The van der Waals surface area contributed by atoms with Crippen LogP contribution in [0.15, 0.2) is 53.4 Å². The lowest BCUT2D eigenvalue weighted by Gasteiger charge is -2.37. The molecule has 0 saturated carbocycles. The van der Waals surface area contributed by atoms with Crippen molar-refractivity contribution in [1.29, 1.82) is 0 Å². The van der Waals surface area contributed by atoms with Gasteiger partial charge in [-0.05, 0) is 74.6 Å². The first-order chi connectivity index (χ1) is 16.8. The highest BCUT2D eigenvalue weighted by Crippen LogP contribution is 2.29. The van der Waals surface area contributed by atoms with E-state index >= 15 is 0 Å². The maximum absolute atomic E-state index is 13.1. The summed E-state index contributed by atoms with van der Waals surface area (Å²) in [5.41, 5.74) is 6.18. The van der Waals surface area contributed by atoms with Gasteiger partial charge < -0.3 is 9.80 Å². The minimum atomic E-state index is -3.49. The van der Waals surface area contributed by atoms with E-state index in [0.717, 1.165) is 56.0 Å². The van der Waals surface area contributed by atoms with E-state index in [4.69, 9.17) is 0 Å². The van der Waals surface area contributed by atoms with Crippen LogP contribution in [0.2, 0.25) is 0 Å². The van der Waals surface area contributed by atoms with Crippen molar-refractivity contribution < 1.29 is 8.42 Å². The number of benzene rings is 2. The SMILES string of the molecule is Cc1ccc(-c2ccc(N3CCN(c4cccc(C)c4C)CC3)nn2)cc1S(=O)(=O)N1CCCC1. The summed E-state index contributed by atoms with van der Waals surface area (Å²) in [7, 11) is -3.49. The van der Waals surface area contributed by atoms with Gasteiger partial charge in [0.1, 0.15) is 0 Å². The molecule has 0 N–H and O–H groups in total. The molecule has 2 aliphatic rings. The van der Waals surface area contributed by atoms with Gasteiger partial charge in [0.05, 0.1) is 10.6 Å². The summed E-state index contributed by atoms with van der Waals surface area (Å²) in [6.07, 6.45) is 1.84. The summed E-state index contributed by atoms with van der Waals surface area (Å²) >= 11 is 0.